The van der Waals surface area contributed by atoms with Gasteiger partial charge in [-0.1, -0.05) is 24.3 Å². The van der Waals surface area contributed by atoms with Gasteiger partial charge in [-0.15, -0.1) is 24.0 Å². The minimum Gasteiger partial charge on any atom is -0.357 e. The van der Waals surface area contributed by atoms with Crippen molar-refractivity contribution in [3.8, 4) is 5.69 Å². The molecule has 0 aliphatic heterocycles. The third kappa shape index (κ3) is 6.31. The molecule has 0 atom stereocenters. The molecule has 2 N–H and O–H groups in total. The Morgan fingerprint density at radius 1 is 1.04 bits per heavy atom. The van der Waals surface area contributed by atoms with Crippen molar-refractivity contribution in [1.29, 1.82) is 0 Å². The van der Waals surface area contributed by atoms with E-state index in [4.69, 9.17) is 0 Å². The highest BCUT2D eigenvalue weighted by Gasteiger charge is 2.01. The lowest BCUT2D eigenvalue weighted by Gasteiger charge is -2.11. The Morgan fingerprint density at radius 3 is 2.37 bits per heavy atom. The Morgan fingerprint density at radius 2 is 1.74 bits per heavy atom. The second-order valence-electron chi connectivity index (χ2n) is 5.68. The van der Waals surface area contributed by atoms with E-state index in [1.54, 1.807) is 23.1 Å². The molecule has 0 bridgehead atoms. The van der Waals surface area contributed by atoms with Gasteiger partial charge in [-0.2, -0.15) is 5.10 Å². The lowest BCUT2D eigenvalue weighted by Crippen LogP contribution is -2.36. The Labute approximate surface area is 175 Å². The lowest BCUT2D eigenvalue weighted by atomic mass is 10.2. The van der Waals surface area contributed by atoms with Crippen molar-refractivity contribution in [2.24, 2.45) is 4.99 Å². The first-order valence-electron chi connectivity index (χ1n) is 8.45. The zero-order chi connectivity index (χ0) is 18.2. The van der Waals surface area contributed by atoms with Crippen molar-refractivity contribution >= 4 is 29.9 Å². The molecule has 0 aliphatic rings. The molecule has 142 valence electrons. The number of hydrogen-bond acceptors (Lipinski definition) is 3. The molecule has 0 fully saturated rings. The van der Waals surface area contributed by atoms with Crippen LogP contribution in [0.1, 0.15) is 18.1 Å². The van der Waals surface area contributed by atoms with Gasteiger partial charge in [-0.05, 0) is 42.3 Å². The molecule has 0 saturated carbocycles. The SMILES string of the molecule is CCNC(=NCc1ccc(-n2cncn2)cc1)NCc1ccc(F)cc1.I. The van der Waals surface area contributed by atoms with Crippen LogP contribution in [0.2, 0.25) is 0 Å². The van der Waals surface area contributed by atoms with Crippen LogP contribution in [-0.2, 0) is 13.1 Å². The number of hydrogen-bond donors (Lipinski definition) is 2. The van der Waals surface area contributed by atoms with E-state index in [1.807, 2.05) is 31.2 Å². The molecule has 0 unspecified atom stereocenters. The van der Waals surface area contributed by atoms with E-state index in [9.17, 15) is 4.39 Å². The maximum atomic E-state index is 13.0. The third-order valence-electron chi connectivity index (χ3n) is 3.76. The molecule has 1 aromatic heterocycles. The average Bonchev–Trinajstić information content (AvgIpc) is 3.20. The minimum atomic E-state index is -0.233. The second-order valence-corrected chi connectivity index (χ2v) is 5.68. The third-order valence-corrected chi connectivity index (χ3v) is 3.76. The van der Waals surface area contributed by atoms with Crippen LogP contribution in [-0.4, -0.2) is 27.3 Å². The molecule has 0 aliphatic carbocycles. The Hall–Kier alpha value is -2.49. The van der Waals surface area contributed by atoms with Crippen LogP contribution in [0.3, 0.4) is 0 Å². The number of nitrogens with zero attached hydrogens (tertiary/aromatic N) is 4. The van der Waals surface area contributed by atoms with Gasteiger partial charge in [0.2, 0.25) is 0 Å². The van der Waals surface area contributed by atoms with E-state index in [-0.39, 0.29) is 29.8 Å². The molecular formula is C19H22FIN6. The van der Waals surface area contributed by atoms with Gasteiger partial charge in [0, 0.05) is 13.1 Å². The zero-order valence-electron chi connectivity index (χ0n) is 15.0. The fourth-order valence-electron chi connectivity index (χ4n) is 2.40. The lowest BCUT2D eigenvalue weighted by molar-refractivity contribution is 0.626. The highest BCUT2D eigenvalue weighted by molar-refractivity contribution is 14.0. The van der Waals surface area contributed by atoms with Gasteiger partial charge in [0.05, 0.1) is 12.2 Å². The number of aromatic nitrogens is 3. The van der Waals surface area contributed by atoms with Crippen LogP contribution in [0, 0.1) is 5.82 Å². The number of guanidine groups is 1. The Balaban J connectivity index is 0.00000261. The van der Waals surface area contributed by atoms with E-state index in [1.165, 1.54) is 18.5 Å². The van der Waals surface area contributed by atoms with Crippen molar-refractivity contribution in [2.75, 3.05) is 6.54 Å². The van der Waals surface area contributed by atoms with Crippen molar-refractivity contribution in [3.63, 3.8) is 0 Å². The molecule has 0 radical (unpaired) electrons. The van der Waals surface area contributed by atoms with E-state index in [0.717, 1.165) is 29.3 Å². The van der Waals surface area contributed by atoms with Crippen molar-refractivity contribution in [1.82, 2.24) is 25.4 Å². The van der Waals surface area contributed by atoms with Crippen LogP contribution in [0.25, 0.3) is 5.69 Å². The predicted molar refractivity (Wildman–Crippen MR) is 115 cm³/mol. The first-order chi connectivity index (χ1) is 12.7. The number of aliphatic imine (C=N–C) groups is 1. The van der Waals surface area contributed by atoms with Crippen molar-refractivity contribution < 1.29 is 4.39 Å². The van der Waals surface area contributed by atoms with Gasteiger partial charge in [-0.25, -0.2) is 19.0 Å². The summed E-state index contributed by atoms with van der Waals surface area (Å²) in [7, 11) is 0. The quantitative estimate of drug-likeness (QED) is 0.323. The maximum Gasteiger partial charge on any atom is 0.191 e. The average molecular weight is 480 g/mol. The summed E-state index contributed by atoms with van der Waals surface area (Å²) in [5, 5.41) is 10.6. The Kier molecular flexibility index (Phi) is 8.18. The van der Waals surface area contributed by atoms with Crippen molar-refractivity contribution in [2.45, 2.75) is 20.0 Å². The van der Waals surface area contributed by atoms with Gasteiger partial charge < -0.3 is 10.6 Å². The summed E-state index contributed by atoms with van der Waals surface area (Å²) in [5.74, 6) is 0.487. The largest absolute Gasteiger partial charge is 0.357 e. The highest BCUT2D eigenvalue weighted by Crippen LogP contribution is 2.09. The minimum absolute atomic E-state index is 0. The first kappa shape index (κ1) is 20.8. The summed E-state index contributed by atoms with van der Waals surface area (Å²) in [4.78, 5) is 8.54. The van der Waals surface area contributed by atoms with Gasteiger partial charge >= 0.3 is 0 Å². The van der Waals surface area contributed by atoms with Crippen LogP contribution < -0.4 is 10.6 Å². The summed E-state index contributed by atoms with van der Waals surface area (Å²) >= 11 is 0. The molecule has 0 saturated heterocycles. The molecule has 27 heavy (non-hydrogen) atoms. The van der Waals surface area contributed by atoms with Gasteiger partial charge in [0.1, 0.15) is 18.5 Å². The molecule has 8 heteroatoms. The van der Waals surface area contributed by atoms with Gasteiger partial charge in [0.15, 0.2) is 5.96 Å². The summed E-state index contributed by atoms with van der Waals surface area (Å²) < 4.78 is 14.7. The number of benzene rings is 2. The normalized spacial score (nSPS) is 11.0. The topological polar surface area (TPSA) is 67.1 Å². The number of nitrogens with one attached hydrogen (secondary N) is 2. The molecule has 3 rings (SSSR count). The predicted octanol–water partition coefficient (Wildman–Crippen LogP) is 3.28. The van der Waals surface area contributed by atoms with Crippen molar-refractivity contribution in [3.05, 3.63) is 78.1 Å². The number of halogens is 2. The van der Waals surface area contributed by atoms with Crippen LogP contribution >= 0.6 is 24.0 Å². The fraction of sp³-hybridized carbons (Fsp3) is 0.211. The smallest absolute Gasteiger partial charge is 0.191 e. The summed E-state index contributed by atoms with van der Waals surface area (Å²) in [5.41, 5.74) is 3.04. The van der Waals surface area contributed by atoms with E-state index in [0.29, 0.717) is 13.1 Å². The monoisotopic (exact) mass is 480 g/mol. The van der Waals surface area contributed by atoms with E-state index < -0.39 is 0 Å². The van der Waals surface area contributed by atoms with E-state index in [2.05, 4.69) is 25.7 Å². The molecule has 6 nitrogen and oxygen atoms in total. The van der Waals surface area contributed by atoms with Gasteiger partial charge in [-0.3, -0.25) is 0 Å². The highest BCUT2D eigenvalue weighted by atomic mass is 127. The first-order valence-corrected chi connectivity index (χ1v) is 8.45. The Bertz CT molecular complexity index is 832. The summed E-state index contributed by atoms with van der Waals surface area (Å²) in [6.07, 6.45) is 3.17. The second kappa shape index (κ2) is 10.6. The van der Waals surface area contributed by atoms with Crippen LogP contribution in [0.15, 0.2) is 66.2 Å². The summed E-state index contributed by atoms with van der Waals surface area (Å²) in [6.45, 7) is 3.91. The molecular weight excluding hydrogens is 458 g/mol. The maximum absolute atomic E-state index is 13.0. The van der Waals surface area contributed by atoms with E-state index >= 15 is 0 Å². The number of rotatable bonds is 6. The molecule has 3 aromatic rings. The standard InChI is InChI=1S/C19H21FN6.HI/c1-2-22-19(23-11-15-3-7-17(20)8-4-15)24-12-16-5-9-18(10-6-16)26-14-21-13-25-26;/h3-10,13-14H,2,11-12H2,1H3,(H2,22,23,24);1H. The van der Waals surface area contributed by atoms with Gasteiger partial charge in [0.25, 0.3) is 0 Å². The molecule has 0 amide bonds. The van der Waals surface area contributed by atoms with Crippen LogP contribution in [0.4, 0.5) is 4.39 Å². The van der Waals surface area contributed by atoms with Crippen LogP contribution in [0.5, 0.6) is 0 Å². The molecule has 2 aromatic carbocycles. The summed E-state index contributed by atoms with van der Waals surface area (Å²) in [6, 6.07) is 14.4. The fourth-order valence-corrected chi connectivity index (χ4v) is 2.40. The zero-order valence-corrected chi connectivity index (χ0v) is 17.3. The molecule has 1 heterocycles. The molecule has 0 spiro atoms.